The van der Waals surface area contributed by atoms with E-state index in [2.05, 4.69) is 16.1 Å². The van der Waals surface area contributed by atoms with Crippen molar-refractivity contribution >= 4 is 46.8 Å². The highest BCUT2D eigenvalue weighted by atomic mass is 16.7. The van der Waals surface area contributed by atoms with Crippen molar-refractivity contribution in [3.8, 4) is 0 Å². The van der Waals surface area contributed by atoms with Crippen molar-refractivity contribution in [2.75, 3.05) is 19.8 Å². The van der Waals surface area contributed by atoms with Crippen LogP contribution >= 0.6 is 0 Å². The molecule has 13 nitrogen and oxygen atoms in total. The molecule has 0 spiro atoms. The number of carbonyl (C=O) groups excluding carboxylic acids is 5. The van der Waals surface area contributed by atoms with Crippen molar-refractivity contribution in [2.45, 2.75) is 64.8 Å². The van der Waals surface area contributed by atoms with Gasteiger partial charge in [-0.3, -0.25) is 24.4 Å². The molecule has 13 heteroatoms. The molecule has 0 radical (unpaired) electrons. The lowest BCUT2D eigenvalue weighted by molar-refractivity contribution is -0.162. The maximum absolute atomic E-state index is 13.2. The van der Waals surface area contributed by atoms with Crippen LogP contribution in [0.5, 0.6) is 0 Å². The van der Waals surface area contributed by atoms with Crippen LogP contribution in [0.3, 0.4) is 0 Å². The number of benzene rings is 1. The van der Waals surface area contributed by atoms with Crippen LogP contribution < -0.4 is 16.1 Å². The summed E-state index contributed by atoms with van der Waals surface area (Å²) in [7, 11) is 0. The zero-order valence-corrected chi connectivity index (χ0v) is 24.6. The van der Waals surface area contributed by atoms with E-state index in [-0.39, 0.29) is 12.5 Å². The molecule has 0 aliphatic carbocycles. The molecular weight excluding hydrogens is 558 g/mol. The summed E-state index contributed by atoms with van der Waals surface area (Å²) in [5, 5.41) is 7.79. The largest absolute Gasteiger partial charge is 0.509 e. The molecule has 1 aromatic heterocycles. The van der Waals surface area contributed by atoms with E-state index in [0.29, 0.717) is 30.6 Å². The summed E-state index contributed by atoms with van der Waals surface area (Å²) in [6.07, 6.45) is 2.13. The fraction of sp³-hybridized carbons (Fsp3) is 0.467. The van der Waals surface area contributed by atoms with E-state index >= 15 is 0 Å². The summed E-state index contributed by atoms with van der Waals surface area (Å²) in [5.74, 6) is -2.81. The molecule has 3 N–H and O–H groups in total. The monoisotopic (exact) mass is 595 g/mol. The predicted octanol–water partition coefficient (Wildman–Crippen LogP) is 2.16. The number of nitrogens with zero attached hydrogens (tertiary/aromatic N) is 2. The second-order valence-electron chi connectivity index (χ2n) is 10.9. The second-order valence-corrected chi connectivity index (χ2v) is 10.9. The summed E-state index contributed by atoms with van der Waals surface area (Å²) in [6, 6.07) is 7.37. The van der Waals surface area contributed by atoms with Gasteiger partial charge in [0.2, 0.25) is 5.91 Å². The smallest absolute Gasteiger partial charge is 0.449 e. The van der Waals surface area contributed by atoms with E-state index in [9.17, 15) is 24.0 Å². The van der Waals surface area contributed by atoms with Crippen molar-refractivity contribution in [2.24, 2.45) is 5.92 Å². The highest BCUT2D eigenvalue weighted by molar-refractivity contribution is 5.91. The second kappa shape index (κ2) is 14.1. The Labute approximate surface area is 249 Å². The van der Waals surface area contributed by atoms with Gasteiger partial charge in [-0.25, -0.2) is 15.0 Å². The van der Waals surface area contributed by atoms with Crippen LogP contribution in [-0.2, 0) is 33.4 Å². The number of esters is 1. The standard InChI is InChI=1S/C30H37N5O8/c1-17(2)26-28(38)32-19(4)29(39)35-13-5-8-23(34-35)27(37)31-18(3)22-12-11-21-10-9-20(15-24(21)33-22)7-6-14-41-30(40)42-16-25(36)43-26/h6-7,9-12,15,17-19,23,26,34H,5,8,13-14,16H2,1-4H3,(H,31,37)(H,32,38). The first-order valence-electron chi connectivity index (χ1n) is 14.3. The third kappa shape index (κ3) is 8.28. The third-order valence-electron chi connectivity index (χ3n) is 7.08. The van der Waals surface area contributed by atoms with Gasteiger partial charge in [0.05, 0.1) is 17.3 Å². The number of hydrazine groups is 1. The van der Waals surface area contributed by atoms with Crippen LogP contribution in [0.2, 0.25) is 0 Å². The highest BCUT2D eigenvalue weighted by Gasteiger charge is 2.34. The van der Waals surface area contributed by atoms with Crippen molar-refractivity contribution in [3.05, 3.63) is 47.7 Å². The minimum Gasteiger partial charge on any atom is -0.449 e. The Morgan fingerprint density at radius 3 is 2.47 bits per heavy atom. The number of carbonyl (C=O) groups is 5. The van der Waals surface area contributed by atoms with Crippen molar-refractivity contribution in [3.63, 3.8) is 0 Å². The van der Waals surface area contributed by atoms with Crippen LogP contribution in [-0.4, -0.2) is 77.8 Å². The number of nitrogens with one attached hydrogen (secondary N) is 3. The first kappa shape index (κ1) is 31.4. The molecule has 4 atom stereocenters. The number of hydrogen-bond donors (Lipinski definition) is 3. The number of hydrogen-bond acceptors (Lipinski definition) is 10. The van der Waals surface area contributed by atoms with Crippen molar-refractivity contribution in [1.82, 2.24) is 26.1 Å². The summed E-state index contributed by atoms with van der Waals surface area (Å²) in [5.41, 5.74) is 5.17. The number of fused-ring (bicyclic) bond motifs is 4. The number of cyclic esters (lactones) is 3. The lowest BCUT2D eigenvalue weighted by atomic mass is 10.1. The molecule has 3 heterocycles. The van der Waals surface area contributed by atoms with E-state index < -0.39 is 60.7 Å². The molecule has 2 aliphatic rings. The number of aromatic nitrogens is 1. The maximum Gasteiger partial charge on any atom is 0.509 e. The normalized spacial score (nSPS) is 25.0. The van der Waals surface area contributed by atoms with E-state index in [4.69, 9.17) is 19.2 Å². The minimum absolute atomic E-state index is 0.113. The Hall–Kier alpha value is -4.52. The molecule has 1 saturated heterocycles. The van der Waals surface area contributed by atoms with Gasteiger partial charge >= 0.3 is 12.1 Å². The van der Waals surface area contributed by atoms with E-state index in [1.165, 1.54) is 11.9 Å². The molecule has 2 aliphatic heterocycles. The first-order chi connectivity index (χ1) is 20.5. The van der Waals surface area contributed by atoms with Crippen LogP contribution in [0, 0.1) is 5.92 Å². The van der Waals surface area contributed by atoms with Crippen LogP contribution in [0.25, 0.3) is 17.0 Å². The van der Waals surface area contributed by atoms with Gasteiger partial charge < -0.3 is 24.8 Å². The predicted molar refractivity (Wildman–Crippen MR) is 155 cm³/mol. The molecule has 5 bridgehead atoms. The van der Waals surface area contributed by atoms with Gasteiger partial charge in [-0.2, -0.15) is 0 Å². The third-order valence-corrected chi connectivity index (χ3v) is 7.08. The fourth-order valence-electron chi connectivity index (χ4n) is 4.74. The molecule has 43 heavy (non-hydrogen) atoms. The number of rotatable bonds is 1. The highest BCUT2D eigenvalue weighted by Crippen LogP contribution is 2.20. The summed E-state index contributed by atoms with van der Waals surface area (Å²) < 4.78 is 15.1. The molecule has 2 aromatic rings. The Morgan fingerprint density at radius 1 is 0.953 bits per heavy atom. The van der Waals surface area contributed by atoms with Gasteiger partial charge in [0.15, 0.2) is 12.7 Å². The van der Waals surface area contributed by atoms with Crippen LogP contribution in [0.1, 0.15) is 57.8 Å². The van der Waals surface area contributed by atoms with E-state index in [0.717, 1.165) is 10.9 Å². The van der Waals surface area contributed by atoms with Crippen molar-refractivity contribution in [1.29, 1.82) is 0 Å². The Morgan fingerprint density at radius 2 is 1.70 bits per heavy atom. The van der Waals surface area contributed by atoms with E-state index in [1.54, 1.807) is 26.0 Å². The molecular formula is C30H37N5O8. The maximum atomic E-state index is 13.2. The summed E-state index contributed by atoms with van der Waals surface area (Å²) in [6.45, 7) is 6.15. The number of amides is 3. The average molecular weight is 596 g/mol. The Bertz CT molecular complexity index is 1410. The number of pyridine rings is 1. The lowest BCUT2D eigenvalue weighted by Gasteiger charge is -2.35. The van der Waals surface area contributed by atoms with Gasteiger partial charge in [-0.15, -0.1) is 0 Å². The van der Waals surface area contributed by atoms with Crippen LogP contribution in [0.15, 0.2) is 36.4 Å². The molecule has 4 rings (SSSR count). The molecule has 230 valence electrons. The fourth-order valence-corrected chi connectivity index (χ4v) is 4.74. The van der Waals surface area contributed by atoms with Gasteiger partial charge in [0, 0.05) is 11.9 Å². The average Bonchev–Trinajstić information content (AvgIpc) is 2.99. The Balaban J connectivity index is 1.56. The Kier molecular flexibility index (Phi) is 10.3. The van der Waals surface area contributed by atoms with Crippen molar-refractivity contribution < 1.29 is 38.2 Å². The van der Waals surface area contributed by atoms with Gasteiger partial charge in [0.1, 0.15) is 18.7 Å². The topological polar surface area (TPSA) is 165 Å². The SMILES string of the molecule is CC1NC(=O)C(C(C)C)OC(=O)COC(=O)OCC=Cc2ccc3ccc(nc3c2)C(C)NC(=O)C2CCCN(N2)C1=O. The zero-order chi connectivity index (χ0) is 31.1. The van der Waals surface area contributed by atoms with E-state index in [1.807, 2.05) is 37.3 Å². The van der Waals surface area contributed by atoms with Gasteiger partial charge in [-0.05, 0) is 56.4 Å². The van der Waals surface area contributed by atoms with Crippen LogP contribution in [0.4, 0.5) is 4.79 Å². The zero-order valence-electron chi connectivity index (χ0n) is 24.6. The molecule has 1 fully saturated rings. The number of ether oxygens (including phenoxy) is 3. The first-order valence-corrected chi connectivity index (χ1v) is 14.3. The summed E-state index contributed by atoms with van der Waals surface area (Å²) >= 11 is 0. The molecule has 1 aromatic carbocycles. The lowest BCUT2D eigenvalue weighted by Crippen LogP contribution is -2.61. The van der Waals surface area contributed by atoms with Gasteiger partial charge in [-0.1, -0.05) is 38.1 Å². The summed E-state index contributed by atoms with van der Waals surface area (Å²) in [4.78, 5) is 68.3. The molecule has 0 saturated carbocycles. The molecule has 3 amide bonds. The van der Waals surface area contributed by atoms with Gasteiger partial charge in [0.25, 0.3) is 11.8 Å². The molecule has 4 unspecified atom stereocenters. The minimum atomic E-state index is -1.24. The quantitative estimate of drug-likeness (QED) is 0.416.